The molecule has 0 N–H and O–H groups in total. The number of halogens is 1. The van der Waals surface area contributed by atoms with Crippen LogP contribution in [0, 0.1) is 0 Å². The Bertz CT molecular complexity index is 1470. The molecule has 0 saturated carbocycles. The predicted octanol–water partition coefficient (Wildman–Crippen LogP) is 2.79. The van der Waals surface area contributed by atoms with Crippen molar-refractivity contribution >= 4 is 34.3 Å². The zero-order valence-corrected chi connectivity index (χ0v) is 18.5. The minimum atomic E-state index is -0.400. The van der Waals surface area contributed by atoms with Gasteiger partial charge in [0.25, 0.3) is 11.1 Å². The molecule has 0 atom stereocenters. The molecule has 7 nitrogen and oxygen atoms in total. The average molecular weight is 455 g/mol. The van der Waals surface area contributed by atoms with Crippen LogP contribution in [-0.4, -0.2) is 18.7 Å². The molecule has 4 rings (SSSR count). The number of rotatable bonds is 5. The van der Waals surface area contributed by atoms with E-state index in [9.17, 15) is 14.4 Å². The van der Waals surface area contributed by atoms with Crippen LogP contribution in [0.4, 0.5) is 0 Å². The summed E-state index contributed by atoms with van der Waals surface area (Å²) in [7, 11) is 3.05. The van der Waals surface area contributed by atoms with Crippen molar-refractivity contribution in [1.82, 2.24) is 18.7 Å². The monoisotopic (exact) mass is 454 g/mol. The second-order valence-corrected chi connectivity index (χ2v) is 8.41. The summed E-state index contributed by atoms with van der Waals surface area (Å²) in [5.41, 5.74) is 0.979. The van der Waals surface area contributed by atoms with Crippen LogP contribution in [0.15, 0.2) is 74.1 Å². The average Bonchev–Trinajstić information content (AvgIpc) is 2.77. The van der Waals surface area contributed by atoms with E-state index < -0.39 is 5.69 Å². The smallest absolute Gasteiger partial charge is 0.300 e. The van der Waals surface area contributed by atoms with E-state index in [0.717, 1.165) is 10.1 Å². The molecule has 158 valence electrons. The van der Waals surface area contributed by atoms with Gasteiger partial charge in [0, 0.05) is 36.6 Å². The van der Waals surface area contributed by atoms with Gasteiger partial charge in [-0.1, -0.05) is 53.7 Å². The first-order valence-electron chi connectivity index (χ1n) is 9.48. The third-order valence-electron chi connectivity index (χ3n) is 5.09. The first kappa shape index (κ1) is 21.1. The van der Waals surface area contributed by atoms with Crippen molar-refractivity contribution in [3.05, 3.63) is 102 Å². The quantitative estimate of drug-likeness (QED) is 0.342. The summed E-state index contributed by atoms with van der Waals surface area (Å²) in [4.78, 5) is 42.2. The molecule has 0 bridgehead atoms. The fourth-order valence-electron chi connectivity index (χ4n) is 3.25. The fourth-order valence-corrected chi connectivity index (χ4v) is 4.47. The van der Waals surface area contributed by atoms with Crippen molar-refractivity contribution in [3.63, 3.8) is 0 Å². The molecule has 0 aliphatic carbocycles. The van der Waals surface area contributed by atoms with E-state index >= 15 is 0 Å². The maximum absolute atomic E-state index is 13.3. The van der Waals surface area contributed by atoms with Gasteiger partial charge in [0.2, 0.25) is 0 Å². The summed E-state index contributed by atoms with van der Waals surface area (Å²) in [5.74, 6) is 0.301. The molecule has 0 radical (unpaired) electrons. The summed E-state index contributed by atoms with van der Waals surface area (Å²) < 4.78 is 4.05. The van der Waals surface area contributed by atoms with Crippen molar-refractivity contribution in [2.24, 2.45) is 14.1 Å². The second kappa shape index (κ2) is 8.56. The number of para-hydroxylation sites is 1. The van der Waals surface area contributed by atoms with Gasteiger partial charge in [-0.15, -0.1) is 0 Å². The van der Waals surface area contributed by atoms with Gasteiger partial charge in [-0.2, -0.15) is 0 Å². The highest BCUT2D eigenvalue weighted by Crippen LogP contribution is 2.23. The van der Waals surface area contributed by atoms with Gasteiger partial charge in [-0.05, 0) is 23.8 Å². The lowest BCUT2D eigenvalue weighted by molar-refractivity contribution is 0.653. The molecule has 2 heterocycles. The third-order valence-corrected chi connectivity index (χ3v) is 6.47. The summed E-state index contributed by atoms with van der Waals surface area (Å²) in [6.45, 7) is 0.258. The van der Waals surface area contributed by atoms with E-state index in [4.69, 9.17) is 11.6 Å². The number of nitrogens with zero attached hydrogens (tertiary/aromatic N) is 4. The first-order valence-corrected chi connectivity index (χ1v) is 10.8. The standard InChI is InChI=1S/C22H19ClN4O3S/c1-25-15(11-19(28)26(2)22(25)30)13-31-21-24-18-10-6-4-8-16(18)20(29)27(21)12-14-7-3-5-9-17(14)23/h3-11H,12-13H2,1-2H3. The van der Waals surface area contributed by atoms with Gasteiger partial charge in [0.15, 0.2) is 5.16 Å². The van der Waals surface area contributed by atoms with Gasteiger partial charge < -0.3 is 0 Å². The number of hydrogen-bond donors (Lipinski definition) is 0. The Morgan fingerprint density at radius 3 is 2.45 bits per heavy atom. The predicted molar refractivity (Wildman–Crippen MR) is 123 cm³/mol. The zero-order chi connectivity index (χ0) is 22.1. The molecule has 0 saturated heterocycles. The largest absolute Gasteiger partial charge is 0.330 e. The highest BCUT2D eigenvalue weighted by Gasteiger charge is 2.15. The summed E-state index contributed by atoms with van der Waals surface area (Å²) in [5, 5.41) is 1.56. The van der Waals surface area contributed by atoms with Crippen molar-refractivity contribution in [2.45, 2.75) is 17.5 Å². The molecule has 31 heavy (non-hydrogen) atoms. The van der Waals surface area contributed by atoms with E-state index in [1.807, 2.05) is 24.3 Å². The van der Waals surface area contributed by atoms with Crippen LogP contribution in [0.3, 0.4) is 0 Å². The van der Waals surface area contributed by atoms with Crippen LogP contribution >= 0.6 is 23.4 Å². The topological polar surface area (TPSA) is 78.9 Å². The summed E-state index contributed by atoms with van der Waals surface area (Å²) in [6.07, 6.45) is 0. The van der Waals surface area contributed by atoms with Gasteiger partial charge in [-0.3, -0.25) is 23.3 Å². The molecule has 9 heteroatoms. The SMILES string of the molecule is Cn1c(CSc2nc3ccccc3c(=O)n2Cc2ccccc2Cl)cc(=O)n(C)c1=O. The Morgan fingerprint density at radius 2 is 1.68 bits per heavy atom. The van der Waals surface area contributed by atoms with Crippen molar-refractivity contribution in [2.75, 3.05) is 0 Å². The minimum Gasteiger partial charge on any atom is -0.300 e. The lowest BCUT2D eigenvalue weighted by Crippen LogP contribution is -2.37. The number of fused-ring (bicyclic) bond motifs is 1. The maximum atomic E-state index is 13.3. The normalized spacial score (nSPS) is 11.2. The van der Waals surface area contributed by atoms with Gasteiger partial charge in [-0.25, -0.2) is 9.78 Å². The summed E-state index contributed by atoms with van der Waals surface area (Å²) in [6, 6.07) is 15.9. The number of benzene rings is 2. The molecule has 0 amide bonds. The molecule has 2 aromatic carbocycles. The molecular weight excluding hydrogens is 436 g/mol. The van der Waals surface area contributed by atoms with Crippen molar-refractivity contribution in [1.29, 1.82) is 0 Å². The first-order chi connectivity index (χ1) is 14.9. The van der Waals surface area contributed by atoms with Crippen LogP contribution < -0.4 is 16.8 Å². The fraction of sp³-hybridized carbons (Fsp3) is 0.182. The Balaban J connectivity index is 1.80. The number of aromatic nitrogens is 4. The van der Waals surface area contributed by atoms with E-state index in [1.165, 1.54) is 29.4 Å². The molecule has 0 unspecified atom stereocenters. The Morgan fingerprint density at radius 1 is 0.968 bits per heavy atom. The number of thioether (sulfide) groups is 1. The van der Waals surface area contributed by atoms with E-state index in [0.29, 0.717) is 32.5 Å². The minimum absolute atomic E-state index is 0.175. The molecule has 0 aliphatic rings. The zero-order valence-electron chi connectivity index (χ0n) is 16.9. The van der Waals surface area contributed by atoms with Crippen molar-refractivity contribution < 1.29 is 0 Å². The van der Waals surface area contributed by atoms with Gasteiger partial charge in [0.05, 0.1) is 17.4 Å². The molecule has 2 aromatic heterocycles. The van der Waals surface area contributed by atoms with Crippen LogP contribution in [0.1, 0.15) is 11.3 Å². The van der Waals surface area contributed by atoms with E-state index in [2.05, 4.69) is 4.98 Å². The Hall–Kier alpha value is -3.10. The molecule has 0 aliphatic heterocycles. The van der Waals surface area contributed by atoms with Crippen molar-refractivity contribution in [3.8, 4) is 0 Å². The molecule has 4 aromatic rings. The lowest BCUT2D eigenvalue weighted by Gasteiger charge is -2.15. The van der Waals surface area contributed by atoms with Gasteiger partial charge in [0.1, 0.15) is 0 Å². The molecular formula is C22H19ClN4O3S. The Labute approximate surface area is 186 Å². The van der Waals surface area contributed by atoms with E-state index in [1.54, 1.807) is 35.9 Å². The van der Waals surface area contributed by atoms with Crippen LogP contribution in [0.2, 0.25) is 5.02 Å². The van der Waals surface area contributed by atoms with Crippen LogP contribution in [0.5, 0.6) is 0 Å². The lowest BCUT2D eigenvalue weighted by atomic mass is 10.2. The number of hydrogen-bond acceptors (Lipinski definition) is 5. The van der Waals surface area contributed by atoms with Crippen LogP contribution in [-0.2, 0) is 26.4 Å². The highest BCUT2D eigenvalue weighted by atomic mass is 35.5. The Kier molecular flexibility index (Phi) is 5.84. The maximum Gasteiger partial charge on any atom is 0.330 e. The van der Waals surface area contributed by atoms with Gasteiger partial charge >= 0.3 is 5.69 Å². The third kappa shape index (κ3) is 4.08. The van der Waals surface area contributed by atoms with E-state index in [-0.39, 0.29) is 17.7 Å². The highest BCUT2D eigenvalue weighted by molar-refractivity contribution is 7.98. The van der Waals surface area contributed by atoms with Crippen LogP contribution in [0.25, 0.3) is 10.9 Å². The second-order valence-electron chi connectivity index (χ2n) is 7.06. The molecule has 0 fully saturated rings. The molecule has 0 spiro atoms. The summed E-state index contributed by atoms with van der Waals surface area (Å²) >= 11 is 7.62.